The Hall–Kier alpha value is -1.72. The molecule has 1 amide bonds. The number of amides is 1. The Labute approximate surface area is 128 Å². The second-order valence-electron chi connectivity index (χ2n) is 5.26. The molecule has 0 atom stereocenters. The van der Waals surface area contributed by atoms with Crippen molar-refractivity contribution in [1.29, 1.82) is 0 Å². The Bertz CT molecular complexity index is 593. The predicted octanol–water partition coefficient (Wildman–Crippen LogP) is 2.57. The number of thiazole rings is 1. The first-order valence-electron chi connectivity index (χ1n) is 7.31. The van der Waals surface area contributed by atoms with Crippen molar-refractivity contribution in [3.05, 3.63) is 40.7 Å². The highest BCUT2D eigenvalue weighted by Crippen LogP contribution is 2.21. The Morgan fingerprint density at radius 3 is 2.86 bits per heavy atom. The number of nitrogens with one attached hydrogen (secondary N) is 2. The van der Waals surface area contributed by atoms with Gasteiger partial charge in [-0.2, -0.15) is 0 Å². The van der Waals surface area contributed by atoms with E-state index in [9.17, 15) is 4.79 Å². The van der Waals surface area contributed by atoms with E-state index in [1.54, 1.807) is 11.3 Å². The van der Waals surface area contributed by atoms with Crippen molar-refractivity contribution >= 4 is 17.2 Å². The molecular weight excluding hydrogens is 282 g/mol. The normalized spacial score (nSPS) is 14.1. The van der Waals surface area contributed by atoms with Gasteiger partial charge in [0.05, 0.1) is 5.69 Å². The van der Waals surface area contributed by atoms with Gasteiger partial charge in [-0.1, -0.05) is 30.3 Å². The van der Waals surface area contributed by atoms with Crippen LogP contribution in [-0.4, -0.2) is 23.5 Å². The number of hydrogen-bond acceptors (Lipinski definition) is 4. The molecule has 1 saturated carbocycles. The van der Waals surface area contributed by atoms with Crippen molar-refractivity contribution in [3.63, 3.8) is 0 Å². The predicted molar refractivity (Wildman–Crippen MR) is 85.0 cm³/mol. The summed E-state index contributed by atoms with van der Waals surface area (Å²) in [5, 5.41) is 9.39. The smallest absolute Gasteiger partial charge is 0.221 e. The first-order valence-corrected chi connectivity index (χ1v) is 8.19. The van der Waals surface area contributed by atoms with Crippen molar-refractivity contribution in [2.75, 3.05) is 6.54 Å². The first-order chi connectivity index (χ1) is 10.3. The molecule has 0 spiro atoms. The van der Waals surface area contributed by atoms with Gasteiger partial charge in [-0.25, -0.2) is 4.98 Å². The van der Waals surface area contributed by atoms with Crippen LogP contribution in [0.25, 0.3) is 11.3 Å². The lowest BCUT2D eigenvalue weighted by Gasteiger charge is -2.03. The standard InChI is InChI=1S/C16H19N3OS/c20-15(18-13-6-7-13)8-9-17-10-16-19-14(11-21-16)12-4-2-1-3-5-12/h1-5,11,13,17H,6-10H2,(H,18,20). The van der Waals surface area contributed by atoms with Crippen molar-refractivity contribution in [2.45, 2.75) is 31.8 Å². The van der Waals surface area contributed by atoms with Crippen LogP contribution in [0.3, 0.4) is 0 Å². The Morgan fingerprint density at radius 1 is 1.29 bits per heavy atom. The maximum absolute atomic E-state index is 11.5. The molecule has 2 N–H and O–H groups in total. The van der Waals surface area contributed by atoms with Crippen molar-refractivity contribution in [3.8, 4) is 11.3 Å². The molecular formula is C16H19N3OS. The van der Waals surface area contributed by atoms with Gasteiger partial charge >= 0.3 is 0 Å². The summed E-state index contributed by atoms with van der Waals surface area (Å²) in [5.74, 6) is 0.147. The average molecular weight is 301 g/mol. The van der Waals surface area contributed by atoms with Gasteiger partial charge in [-0.05, 0) is 12.8 Å². The van der Waals surface area contributed by atoms with Gasteiger partial charge in [0.15, 0.2) is 0 Å². The fourth-order valence-corrected chi connectivity index (χ4v) is 2.83. The fourth-order valence-electron chi connectivity index (χ4n) is 2.06. The maximum atomic E-state index is 11.5. The van der Waals surface area contributed by atoms with Crippen LogP contribution in [0, 0.1) is 0 Å². The molecule has 1 aliphatic carbocycles. The molecule has 0 unspecified atom stereocenters. The summed E-state index contributed by atoms with van der Waals surface area (Å²) >= 11 is 1.65. The van der Waals surface area contributed by atoms with Gasteiger partial charge in [-0.15, -0.1) is 11.3 Å². The molecule has 5 heteroatoms. The highest BCUT2D eigenvalue weighted by molar-refractivity contribution is 7.09. The molecule has 0 radical (unpaired) electrons. The third-order valence-corrected chi connectivity index (χ3v) is 4.22. The van der Waals surface area contributed by atoms with Gasteiger partial charge in [-0.3, -0.25) is 4.79 Å². The van der Waals surface area contributed by atoms with E-state index in [1.165, 1.54) is 0 Å². The van der Waals surface area contributed by atoms with E-state index in [-0.39, 0.29) is 5.91 Å². The van der Waals surface area contributed by atoms with E-state index in [1.807, 2.05) is 18.2 Å². The number of rotatable bonds is 7. The van der Waals surface area contributed by atoms with E-state index in [4.69, 9.17) is 0 Å². The zero-order valence-electron chi connectivity index (χ0n) is 11.8. The van der Waals surface area contributed by atoms with Crippen LogP contribution >= 0.6 is 11.3 Å². The SMILES string of the molecule is O=C(CCNCc1nc(-c2ccccc2)cs1)NC1CC1. The van der Waals surface area contributed by atoms with Crippen molar-refractivity contribution < 1.29 is 4.79 Å². The summed E-state index contributed by atoms with van der Waals surface area (Å²) in [7, 11) is 0. The molecule has 21 heavy (non-hydrogen) atoms. The summed E-state index contributed by atoms with van der Waals surface area (Å²) in [5.41, 5.74) is 2.16. The van der Waals surface area contributed by atoms with Crippen LogP contribution in [0.15, 0.2) is 35.7 Å². The lowest BCUT2D eigenvalue weighted by molar-refractivity contribution is -0.121. The molecule has 4 nitrogen and oxygen atoms in total. The van der Waals surface area contributed by atoms with Crippen molar-refractivity contribution in [1.82, 2.24) is 15.6 Å². The summed E-state index contributed by atoms with van der Waals surface area (Å²) in [6.07, 6.45) is 2.81. The Morgan fingerprint density at radius 2 is 2.10 bits per heavy atom. The molecule has 1 aromatic heterocycles. The maximum Gasteiger partial charge on any atom is 0.221 e. The van der Waals surface area contributed by atoms with Crippen LogP contribution in [0.1, 0.15) is 24.3 Å². The van der Waals surface area contributed by atoms with Crippen LogP contribution in [-0.2, 0) is 11.3 Å². The third-order valence-electron chi connectivity index (χ3n) is 3.37. The molecule has 1 aliphatic rings. The van der Waals surface area contributed by atoms with Crippen LogP contribution in [0.2, 0.25) is 0 Å². The van der Waals surface area contributed by atoms with Crippen molar-refractivity contribution in [2.24, 2.45) is 0 Å². The zero-order chi connectivity index (χ0) is 14.5. The highest BCUT2D eigenvalue weighted by atomic mass is 32.1. The van der Waals surface area contributed by atoms with E-state index in [0.717, 1.165) is 29.1 Å². The van der Waals surface area contributed by atoms with Gasteiger partial charge < -0.3 is 10.6 Å². The minimum atomic E-state index is 0.147. The summed E-state index contributed by atoms with van der Waals surface area (Å²) in [6.45, 7) is 1.41. The molecule has 2 aromatic rings. The lowest BCUT2D eigenvalue weighted by Crippen LogP contribution is -2.28. The molecule has 3 rings (SSSR count). The molecule has 0 saturated heterocycles. The van der Waals surface area contributed by atoms with Gasteiger partial charge in [0.2, 0.25) is 5.91 Å². The zero-order valence-corrected chi connectivity index (χ0v) is 12.7. The number of carbonyl (C=O) groups excluding carboxylic acids is 1. The second kappa shape index (κ2) is 6.83. The molecule has 1 heterocycles. The Balaban J connectivity index is 1.41. The van der Waals surface area contributed by atoms with E-state index in [0.29, 0.717) is 25.6 Å². The minimum absolute atomic E-state index is 0.147. The summed E-state index contributed by atoms with van der Waals surface area (Å²) in [6, 6.07) is 10.6. The third kappa shape index (κ3) is 4.37. The van der Waals surface area contributed by atoms with Gasteiger partial charge in [0, 0.05) is 36.5 Å². The fraction of sp³-hybridized carbons (Fsp3) is 0.375. The van der Waals surface area contributed by atoms with Crippen LogP contribution in [0.4, 0.5) is 0 Å². The molecule has 0 aliphatic heterocycles. The lowest BCUT2D eigenvalue weighted by atomic mass is 10.2. The van der Waals surface area contributed by atoms with Gasteiger partial charge in [0.25, 0.3) is 0 Å². The number of hydrogen-bond donors (Lipinski definition) is 2. The number of benzene rings is 1. The second-order valence-corrected chi connectivity index (χ2v) is 6.20. The Kier molecular flexibility index (Phi) is 4.62. The van der Waals surface area contributed by atoms with E-state index in [2.05, 4.69) is 33.1 Å². The molecule has 1 aromatic carbocycles. The molecule has 110 valence electrons. The molecule has 1 fully saturated rings. The van der Waals surface area contributed by atoms with Crippen LogP contribution < -0.4 is 10.6 Å². The van der Waals surface area contributed by atoms with E-state index >= 15 is 0 Å². The number of carbonyl (C=O) groups is 1. The summed E-state index contributed by atoms with van der Waals surface area (Å²) < 4.78 is 0. The van der Waals surface area contributed by atoms with E-state index < -0.39 is 0 Å². The monoisotopic (exact) mass is 301 g/mol. The minimum Gasteiger partial charge on any atom is -0.353 e. The number of nitrogens with zero attached hydrogens (tertiary/aromatic N) is 1. The first kappa shape index (κ1) is 14.2. The quantitative estimate of drug-likeness (QED) is 0.773. The topological polar surface area (TPSA) is 54.0 Å². The van der Waals surface area contributed by atoms with Crippen LogP contribution in [0.5, 0.6) is 0 Å². The summed E-state index contributed by atoms with van der Waals surface area (Å²) in [4.78, 5) is 16.1. The average Bonchev–Trinajstić information content (AvgIpc) is 3.19. The van der Waals surface area contributed by atoms with Gasteiger partial charge in [0.1, 0.15) is 5.01 Å². The highest BCUT2D eigenvalue weighted by Gasteiger charge is 2.22. The molecule has 0 bridgehead atoms. The number of aromatic nitrogens is 1. The largest absolute Gasteiger partial charge is 0.353 e.